The summed E-state index contributed by atoms with van der Waals surface area (Å²) in [6.45, 7) is 5.82. The fraction of sp³-hybridized carbons (Fsp3) is 0.333. The van der Waals surface area contributed by atoms with Gasteiger partial charge >= 0.3 is 0 Å². The van der Waals surface area contributed by atoms with Crippen molar-refractivity contribution in [3.8, 4) is 0 Å². The monoisotopic (exact) mass is 292 g/mol. The minimum absolute atomic E-state index is 0.0812. The van der Waals surface area contributed by atoms with Crippen LogP contribution in [0.5, 0.6) is 0 Å². The molecule has 1 N–H and O–H groups in total. The molecule has 0 spiro atoms. The van der Waals surface area contributed by atoms with E-state index in [2.05, 4.69) is 10.3 Å². The zero-order chi connectivity index (χ0) is 14.7. The topological polar surface area (TPSA) is 42.0 Å². The van der Waals surface area contributed by atoms with Crippen molar-refractivity contribution < 1.29 is 9.18 Å². The molecule has 1 aromatic heterocycles. The molecule has 0 aliphatic rings. The number of hydrogen-bond donors (Lipinski definition) is 1. The Morgan fingerprint density at radius 1 is 1.45 bits per heavy atom. The predicted molar refractivity (Wildman–Crippen MR) is 78.2 cm³/mol. The molecule has 0 fully saturated rings. The van der Waals surface area contributed by atoms with Gasteiger partial charge in [0.15, 0.2) is 0 Å². The van der Waals surface area contributed by atoms with Gasteiger partial charge in [-0.2, -0.15) is 0 Å². The van der Waals surface area contributed by atoms with E-state index >= 15 is 0 Å². The van der Waals surface area contributed by atoms with Gasteiger partial charge in [0.1, 0.15) is 5.82 Å². The average Bonchev–Trinajstić information content (AvgIpc) is 2.68. The molecule has 1 unspecified atom stereocenters. The standard InChI is InChI=1S/C15H17FN2OS/c1-9-15(20-11(3)17-9)10(2)18-14(19)8-12-5-4-6-13(16)7-12/h4-7,10H,8H2,1-3H3,(H,18,19). The highest BCUT2D eigenvalue weighted by atomic mass is 32.1. The van der Waals surface area contributed by atoms with E-state index in [1.165, 1.54) is 12.1 Å². The molecule has 1 heterocycles. The van der Waals surface area contributed by atoms with Crippen LogP contribution in [0.3, 0.4) is 0 Å². The summed E-state index contributed by atoms with van der Waals surface area (Å²) in [5.41, 5.74) is 1.62. The second kappa shape index (κ2) is 6.13. The largest absolute Gasteiger partial charge is 0.348 e. The summed E-state index contributed by atoms with van der Waals surface area (Å²) in [5.74, 6) is -0.439. The van der Waals surface area contributed by atoms with E-state index in [-0.39, 0.29) is 24.2 Å². The van der Waals surface area contributed by atoms with Crippen molar-refractivity contribution in [3.05, 3.63) is 51.2 Å². The third-order valence-corrected chi connectivity index (χ3v) is 4.22. The molecule has 0 saturated heterocycles. The zero-order valence-electron chi connectivity index (χ0n) is 11.7. The average molecular weight is 292 g/mol. The van der Waals surface area contributed by atoms with Crippen molar-refractivity contribution in [1.82, 2.24) is 10.3 Å². The molecule has 1 atom stereocenters. The molecule has 0 radical (unpaired) electrons. The normalized spacial score (nSPS) is 12.2. The third kappa shape index (κ3) is 3.63. The number of nitrogens with one attached hydrogen (secondary N) is 1. The van der Waals surface area contributed by atoms with Crippen molar-refractivity contribution in [1.29, 1.82) is 0 Å². The minimum Gasteiger partial charge on any atom is -0.348 e. The number of carbonyl (C=O) groups is 1. The first kappa shape index (κ1) is 14.7. The van der Waals surface area contributed by atoms with Crippen molar-refractivity contribution >= 4 is 17.2 Å². The van der Waals surface area contributed by atoms with Crippen molar-refractivity contribution in [2.24, 2.45) is 0 Å². The molecule has 2 rings (SSSR count). The maximum atomic E-state index is 13.1. The Kier molecular flexibility index (Phi) is 4.49. The number of carbonyl (C=O) groups excluding carboxylic acids is 1. The number of aromatic nitrogens is 1. The molecule has 0 aliphatic heterocycles. The second-order valence-corrected chi connectivity index (χ2v) is 6.01. The Morgan fingerprint density at radius 2 is 2.20 bits per heavy atom. The van der Waals surface area contributed by atoms with Gasteiger partial charge in [-0.25, -0.2) is 9.37 Å². The highest BCUT2D eigenvalue weighted by Gasteiger charge is 2.15. The molecule has 1 amide bonds. The number of amides is 1. The highest BCUT2D eigenvalue weighted by Crippen LogP contribution is 2.24. The number of rotatable bonds is 4. The van der Waals surface area contributed by atoms with E-state index < -0.39 is 0 Å². The van der Waals surface area contributed by atoms with Gasteiger partial charge in [-0.15, -0.1) is 11.3 Å². The first-order valence-electron chi connectivity index (χ1n) is 6.43. The molecular formula is C15H17FN2OS. The van der Waals surface area contributed by atoms with Crippen LogP contribution in [0.2, 0.25) is 0 Å². The number of aryl methyl sites for hydroxylation is 2. The van der Waals surface area contributed by atoms with Crippen molar-refractivity contribution in [2.75, 3.05) is 0 Å². The Hall–Kier alpha value is -1.75. The van der Waals surface area contributed by atoms with Crippen molar-refractivity contribution in [3.63, 3.8) is 0 Å². The van der Waals surface area contributed by atoms with E-state index in [4.69, 9.17) is 0 Å². The van der Waals surface area contributed by atoms with E-state index in [9.17, 15) is 9.18 Å². The van der Waals surface area contributed by atoms with Crippen LogP contribution < -0.4 is 5.32 Å². The number of thiazole rings is 1. The summed E-state index contributed by atoms with van der Waals surface area (Å²) in [4.78, 5) is 17.4. The summed E-state index contributed by atoms with van der Waals surface area (Å²) in [7, 11) is 0. The van der Waals surface area contributed by atoms with E-state index in [0.717, 1.165) is 15.6 Å². The number of hydrogen-bond acceptors (Lipinski definition) is 3. The predicted octanol–water partition coefficient (Wildman–Crippen LogP) is 3.32. The van der Waals surface area contributed by atoms with Gasteiger partial charge in [-0.05, 0) is 38.5 Å². The highest BCUT2D eigenvalue weighted by molar-refractivity contribution is 7.11. The Balaban J connectivity index is 1.99. The Morgan fingerprint density at radius 3 is 2.80 bits per heavy atom. The van der Waals surface area contributed by atoms with Crippen LogP contribution in [0.15, 0.2) is 24.3 Å². The smallest absolute Gasteiger partial charge is 0.224 e. The number of nitrogens with zero attached hydrogens (tertiary/aromatic N) is 1. The zero-order valence-corrected chi connectivity index (χ0v) is 12.6. The van der Waals surface area contributed by atoms with Gasteiger partial charge in [-0.1, -0.05) is 12.1 Å². The molecule has 106 valence electrons. The summed E-state index contributed by atoms with van der Waals surface area (Å²) >= 11 is 1.59. The lowest BCUT2D eigenvalue weighted by atomic mass is 10.1. The van der Waals surface area contributed by atoms with Gasteiger partial charge in [0.25, 0.3) is 0 Å². The quantitative estimate of drug-likeness (QED) is 0.939. The Bertz CT molecular complexity index is 624. The van der Waals surface area contributed by atoms with Gasteiger partial charge in [0.2, 0.25) is 5.91 Å². The molecule has 3 nitrogen and oxygen atoms in total. The van der Waals surface area contributed by atoms with Crippen LogP contribution in [0.25, 0.3) is 0 Å². The minimum atomic E-state index is -0.322. The van der Waals surface area contributed by atoms with Crippen LogP contribution in [-0.2, 0) is 11.2 Å². The Labute approximate surface area is 121 Å². The number of halogens is 1. The van der Waals surface area contributed by atoms with Crippen LogP contribution >= 0.6 is 11.3 Å². The molecule has 1 aromatic carbocycles. The van der Waals surface area contributed by atoms with Gasteiger partial charge in [0, 0.05) is 4.88 Å². The number of benzene rings is 1. The van der Waals surface area contributed by atoms with Crippen LogP contribution in [0, 0.1) is 19.7 Å². The van der Waals surface area contributed by atoms with Crippen LogP contribution in [-0.4, -0.2) is 10.9 Å². The molecule has 5 heteroatoms. The summed E-state index contributed by atoms with van der Waals surface area (Å²) in [6.07, 6.45) is 0.179. The fourth-order valence-electron chi connectivity index (χ4n) is 2.14. The third-order valence-electron chi connectivity index (χ3n) is 2.96. The first-order chi connectivity index (χ1) is 9.45. The maximum absolute atomic E-state index is 13.1. The molecule has 0 saturated carbocycles. The SMILES string of the molecule is Cc1nc(C)c(C(C)NC(=O)Cc2cccc(F)c2)s1. The molecule has 2 aromatic rings. The maximum Gasteiger partial charge on any atom is 0.224 e. The molecule has 20 heavy (non-hydrogen) atoms. The molecular weight excluding hydrogens is 275 g/mol. The fourth-order valence-corrected chi connectivity index (χ4v) is 3.07. The second-order valence-electron chi connectivity index (χ2n) is 4.78. The first-order valence-corrected chi connectivity index (χ1v) is 7.25. The van der Waals surface area contributed by atoms with E-state index in [1.807, 2.05) is 20.8 Å². The van der Waals surface area contributed by atoms with Gasteiger partial charge in [-0.3, -0.25) is 4.79 Å². The van der Waals surface area contributed by atoms with Crippen molar-refractivity contribution in [2.45, 2.75) is 33.2 Å². The lowest BCUT2D eigenvalue weighted by molar-refractivity contribution is -0.121. The lowest BCUT2D eigenvalue weighted by Crippen LogP contribution is -2.28. The van der Waals surface area contributed by atoms with E-state index in [1.54, 1.807) is 23.5 Å². The molecule has 0 bridgehead atoms. The molecule has 0 aliphatic carbocycles. The van der Waals surface area contributed by atoms with Gasteiger partial charge in [0.05, 0.1) is 23.2 Å². The van der Waals surface area contributed by atoms with Crippen LogP contribution in [0.1, 0.15) is 34.1 Å². The van der Waals surface area contributed by atoms with E-state index in [0.29, 0.717) is 5.56 Å². The van der Waals surface area contributed by atoms with Gasteiger partial charge < -0.3 is 5.32 Å². The van der Waals surface area contributed by atoms with Crippen LogP contribution in [0.4, 0.5) is 4.39 Å². The summed E-state index contributed by atoms with van der Waals surface area (Å²) in [6, 6.07) is 6.02. The summed E-state index contributed by atoms with van der Waals surface area (Å²) < 4.78 is 13.1. The summed E-state index contributed by atoms with van der Waals surface area (Å²) in [5, 5.41) is 3.92. The lowest BCUT2D eigenvalue weighted by Gasteiger charge is -2.13.